The van der Waals surface area contributed by atoms with Crippen molar-refractivity contribution in [3.63, 3.8) is 0 Å². The lowest BCUT2D eigenvalue weighted by Gasteiger charge is -2.38. The predicted octanol–water partition coefficient (Wildman–Crippen LogP) is 6.16. The Morgan fingerprint density at radius 3 is 2.35 bits per heavy atom. The minimum atomic E-state index is -1.96. The van der Waals surface area contributed by atoms with Gasteiger partial charge in [0.25, 0.3) is 11.7 Å². The highest BCUT2D eigenvalue weighted by molar-refractivity contribution is 6.28. The number of ether oxygens (including phenoxy) is 4. The van der Waals surface area contributed by atoms with E-state index in [4.69, 9.17) is 23.9 Å². The molecule has 1 unspecified atom stereocenters. The molecule has 14 heteroatoms. The number of phenols is 2. The largest absolute Gasteiger partial charge is 0.507 e. The van der Waals surface area contributed by atoms with Crippen LogP contribution in [0, 0.1) is 37.5 Å². The van der Waals surface area contributed by atoms with Gasteiger partial charge in [-0.3, -0.25) is 18.8 Å². The van der Waals surface area contributed by atoms with E-state index in [-0.39, 0.29) is 55.7 Å². The Balaban J connectivity index is 1.58. The minimum Gasteiger partial charge on any atom is -0.507 e. The zero-order valence-electron chi connectivity index (χ0n) is 33.8. The van der Waals surface area contributed by atoms with E-state index in [2.05, 4.69) is 5.32 Å². The first kappa shape index (κ1) is 41.2. The maximum absolute atomic E-state index is 14.6. The first-order valence-electron chi connectivity index (χ1n) is 19.0. The Hall–Kier alpha value is -5.44. The standard InChI is InChI=1S/C43H51N3O11/c1-19-14-16-46-28(18-19)44-32-29-30-37(50)25(7)40-31(29)41(52)43(9,57-40)55-17-15-27(54-10)22(4)39(56-26(8)47)24(6)36(49)23(5)35(48)20(2)12-11-13-21(3)42(53)45-33(34(32)46)38(30)51/h11-18,20,22-24,27,35-36,39,48-51H,1-10H3,(H,45,53)/b12-11+,17-15+,21-13-/t20-,22+,23+,24+,27-,35-,36?,39+,43-/m0/s1. The quantitative estimate of drug-likeness (QED) is 0.115. The summed E-state index contributed by atoms with van der Waals surface area (Å²) in [6.07, 6.45) is 5.62. The SMILES string of the molecule is CO[C@H]1/C=C/O[C@@]2(C)Oc3c(C)c(O)c4c(O)c(c5c(nc6cc(C)ccn65)c4c3C2=O)NC(=O)/C(C)=C\C=C\[C@H](C)[C@H](O)[C@@H](C)C(O)[C@@H](C)[C@H](OC(C)=O)[C@@H]1C. The van der Waals surface area contributed by atoms with Gasteiger partial charge < -0.3 is 44.7 Å². The number of hydrogen-bond acceptors (Lipinski definition) is 12. The molecule has 0 saturated carbocycles. The number of anilines is 1. The molecule has 2 aliphatic heterocycles. The van der Waals surface area contributed by atoms with Gasteiger partial charge in [-0.25, -0.2) is 4.98 Å². The van der Waals surface area contributed by atoms with Crippen LogP contribution in [-0.4, -0.2) is 84.8 Å². The lowest BCUT2D eigenvalue weighted by molar-refractivity contribution is -0.160. The molecule has 304 valence electrons. The number of aromatic hydroxyl groups is 2. The second-order valence-electron chi connectivity index (χ2n) is 15.6. The number of aliphatic hydroxyl groups is 2. The summed E-state index contributed by atoms with van der Waals surface area (Å²) >= 11 is 0. The van der Waals surface area contributed by atoms with Crippen molar-refractivity contribution in [2.75, 3.05) is 12.4 Å². The van der Waals surface area contributed by atoms with Gasteiger partial charge in [-0.15, -0.1) is 0 Å². The Kier molecular flexibility index (Phi) is 11.2. The van der Waals surface area contributed by atoms with Crippen LogP contribution in [0.15, 0.2) is 54.5 Å². The molecule has 0 aliphatic carbocycles. The van der Waals surface area contributed by atoms with Crippen molar-refractivity contribution in [3.8, 4) is 17.2 Å². The summed E-state index contributed by atoms with van der Waals surface area (Å²) < 4.78 is 25.5. The van der Waals surface area contributed by atoms with Crippen LogP contribution in [0.5, 0.6) is 17.2 Å². The number of phenolic OH excluding ortho intramolecular Hbond substituents is 2. The Bertz CT molecular complexity index is 2380. The van der Waals surface area contributed by atoms with Gasteiger partial charge in [0.05, 0.1) is 35.5 Å². The molecule has 2 aromatic carbocycles. The molecule has 4 heterocycles. The summed E-state index contributed by atoms with van der Waals surface area (Å²) in [5, 5.41) is 49.4. The maximum Gasteiger partial charge on any atom is 0.312 e. The molecule has 1 amide bonds. The van der Waals surface area contributed by atoms with E-state index in [0.29, 0.717) is 5.65 Å². The number of nitrogens with zero attached hydrogens (tertiary/aromatic N) is 2. The highest BCUT2D eigenvalue weighted by atomic mass is 16.7. The van der Waals surface area contributed by atoms with Gasteiger partial charge in [0.15, 0.2) is 5.75 Å². The summed E-state index contributed by atoms with van der Waals surface area (Å²) in [5.41, 5.74) is 2.18. The second-order valence-corrected chi connectivity index (χ2v) is 15.6. The van der Waals surface area contributed by atoms with Crippen molar-refractivity contribution < 1.29 is 53.8 Å². The highest BCUT2D eigenvalue weighted by Crippen LogP contribution is 2.54. The number of Topliss-reactive ketones (excluding diaryl/α,β-unsaturated/α-hetero) is 1. The lowest BCUT2D eigenvalue weighted by atomic mass is 9.78. The molecule has 57 heavy (non-hydrogen) atoms. The molecule has 2 aliphatic rings. The number of aliphatic hydroxyl groups excluding tert-OH is 2. The van der Waals surface area contributed by atoms with Gasteiger partial charge in [0.1, 0.15) is 40.0 Å². The van der Waals surface area contributed by atoms with E-state index < -0.39 is 77.3 Å². The number of hydrogen-bond donors (Lipinski definition) is 5. The summed E-state index contributed by atoms with van der Waals surface area (Å²) in [6.45, 7) is 14.7. The van der Waals surface area contributed by atoms with Crippen LogP contribution in [0.25, 0.3) is 27.5 Å². The van der Waals surface area contributed by atoms with Gasteiger partial charge in [-0.2, -0.15) is 0 Å². The molecular weight excluding hydrogens is 734 g/mol. The number of methoxy groups -OCH3 is 1. The number of aromatic nitrogens is 2. The number of ketones is 1. The fraction of sp³-hybridized carbons (Fsp3) is 0.442. The number of esters is 1. The molecule has 0 radical (unpaired) electrons. The van der Waals surface area contributed by atoms with Gasteiger partial charge in [-0.1, -0.05) is 45.9 Å². The van der Waals surface area contributed by atoms with E-state index in [1.165, 1.54) is 40.2 Å². The Morgan fingerprint density at radius 2 is 1.68 bits per heavy atom. The number of allylic oxidation sites excluding steroid dienone is 2. The van der Waals surface area contributed by atoms with Crippen molar-refractivity contribution in [2.45, 2.75) is 92.5 Å². The highest BCUT2D eigenvalue weighted by Gasteiger charge is 2.50. The Morgan fingerprint density at radius 1 is 0.982 bits per heavy atom. The fourth-order valence-corrected chi connectivity index (χ4v) is 8.03. The lowest BCUT2D eigenvalue weighted by Crippen LogP contribution is -2.46. The number of imidazole rings is 1. The van der Waals surface area contributed by atoms with Crippen LogP contribution < -0.4 is 10.1 Å². The monoisotopic (exact) mass is 785 g/mol. The summed E-state index contributed by atoms with van der Waals surface area (Å²) in [5.74, 6) is -6.96. The van der Waals surface area contributed by atoms with Crippen molar-refractivity contribution in [1.29, 1.82) is 0 Å². The molecule has 2 aromatic heterocycles. The average molecular weight is 786 g/mol. The zero-order chi connectivity index (χ0) is 41.8. The number of carbonyl (C=O) groups excluding carboxylic acids is 3. The Labute approximate surface area is 330 Å². The first-order chi connectivity index (χ1) is 26.8. The van der Waals surface area contributed by atoms with Gasteiger partial charge in [0.2, 0.25) is 0 Å². The van der Waals surface area contributed by atoms with Crippen molar-refractivity contribution in [3.05, 3.63) is 71.2 Å². The van der Waals surface area contributed by atoms with Gasteiger partial charge in [0, 0.05) is 67.3 Å². The number of nitrogens with one attached hydrogen (secondary N) is 1. The van der Waals surface area contributed by atoms with Crippen molar-refractivity contribution in [2.24, 2.45) is 23.7 Å². The number of benzene rings is 2. The smallest absolute Gasteiger partial charge is 0.312 e. The van der Waals surface area contributed by atoms with Crippen LogP contribution in [-0.2, 0) is 23.8 Å². The van der Waals surface area contributed by atoms with Gasteiger partial charge in [-0.05, 0) is 44.5 Å². The third kappa shape index (κ3) is 7.10. The van der Waals surface area contributed by atoms with Crippen LogP contribution in [0.1, 0.15) is 70.0 Å². The van der Waals surface area contributed by atoms with Crippen molar-refractivity contribution >= 4 is 50.8 Å². The topological polar surface area (TPSA) is 198 Å². The van der Waals surface area contributed by atoms with E-state index in [0.717, 1.165) is 5.56 Å². The third-order valence-electron chi connectivity index (χ3n) is 11.5. The molecule has 4 bridgehead atoms. The van der Waals surface area contributed by atoms with Crippen LogP contribution in [0.2, 0.25) is 0 Å². The zero-order valence-corrected chi connectivity index (χ0v) is 33.8. The average Bonchev–Trinajstić information content (AvgIpc) is 3.67. The summed E-state index contributed by atoms with van der Waals surface area (Å²) in [7, 11) is 1.46. The molecule has 0 spiro atoms. The first-order valence-corrected chi connectivity index (χ1v) is 19.0. The summed E-state index contributed by atoms with van der Waals surface area (Å²) in [4.78, 5) is 45.6. The number of fused-ring (bicyclic) bond motifs is 2. The number of pyridine rings is 1. The number of carbonyl (C=O) groups is 3. The van der Waals surface area contributed by atoms with E-state index in [1.807, 2.05) is 19.1 Å². The molecular formula is C43H51N3O11. The van der Waals surface area contributed by atoms with Crippen LogP contribution in [0.4, 0.5) is 5.69 Å². The molecule has 14 nitrogen and oxygen atoms in total. The second kappa shape index (κ2) is 15.5. The molecule has 5 N–H and O–H groups in total. The van der Waals surface area contributed by atoms with E-state index in [9.17, 15) is 34.8 Å². The molecule has 6 rings (SSSR count). The molecule has 0 saturated heterocycles. The number of rotatable bonds is 2. The molecule has 9 atom stereocenters. The molecule has 0 fully saturated rings. The predicted molar refractivity (Wildman–Crippen MR) is 213 cm³/mol. The van der Waals surface area contributed by atoms with Crippen molar-refractivity contribution in [1.82, 2.24) is 9.38 Å². The maximum atomic E-state index is 14.6. The number of aryl methyl sites for hydroxylation is 1. The van der Waals surface area contributed by atoms with Gasteiger partial charge >= 0.3 is 11.8 Å². The van der Waals surface area contributed by atoms with E-state index >= 15 is 0 Å². The van der Waals surface area contributed by atoms with Crippen LogP contribution >= 0.6 is 0 Å². The normalized spacial score (nSPS) is 30.8. The van der Waals surface area contributed by atoms with Crippen LogP contribution in [0.3, 0.4) is 0 Å². The minimum absolute atomic E-state index is 0.0185. The third-order valence-corrected chi connectivity index (χ3v) is 11.5. The molecule has 4 aromatic rings. The van der Waals surface area contributed by atoms with E-state index in [1.54, 1.807) is 63.4 Å². The fourth-order valence-electron chi connectivity index (χ4n) is 8.03. The summed E-state index contributed by atoms with van der Waals surface area (Å²) in [6, 6.07) is 3.64. The number of amides is 1.